The molecular weight excluding hydrogens is 238 g/mol. The van der Waals surface area contributed by atoms with Gasteiger partial charge in [0.05, 0.1) is 0 Å². The number of nitrogens with one attached hydrogen (secondary N) is 2. The molecule has 1 aliphatic heterocycles. The zero-order valence-corrected chi connectivity index (χ0v) is 10.5. The Labute approximate surface area is 106 Å². The molecule has 1 fully saturated rings. The third-order valence-corrected chi connectivity index (χ3v) is 3.08. The van der Waals surface area contributed by atoms with Gasteiger partial charge in [0, 0.05) is 36.9 Å². The molecule has 2 rings (SSSR count). The number of aryl methyl sites for hydroxylation is 1. The van der Waals surface area contributed by atoms with Gasteiger partial charge in [0.1, 0.15) is 0 Å². The van der Waals surface area contributed by atoms with Gasteiger partial charge < -0.3 is 15.5 Å². The van der Waals surface area contributed by atoms with Crippen molar-refractivity contribution in [3.63, 3.8) is 0 Å². The molecule has 0 unspecified atom stereocenters. The van der Waals surface area contributed by atoms with E-state index >= 15 is 0 Å². The van der Waals surface area contributed by atoms with Crippen LogP contribution in [0, 0.1) is 6.92 Å². The SMILES string of the molecule is Cc1ccc(Cl)cc1NC(=O)N1CCNCC1. The number of hydrogen-bond acceptors (Lipinski definition) is 2. The Morgan fingerprint density at radius 1 is 1.41 bits per heavy atom. The van der Waals surface area contributed by atoms with Crippen molar-refractivity contribution in [2.24, 2.45) is 0 Å². The number of anilines is 1. The minimum Gasteiger partial charge on any atom is -0.322 e. The van der Waals surface area contributed by atoms with Gasteiger partial charge in [0.2, 0.25) is 0 Å². The highest BCUT2D eigenvalue weighted by Crippen LogP contribution is 2.20. The van der Waals surface area contributed by atoms with Crippen molar-refractivity contribution in [2.45, 2.75) is 6.92 Å². The van der Waals surface area contributed by atoms with Crippen LogP contribution in [0.1, 0.15) is 5.56 Å². The van der Waals surface area contributed by atoms with Crippen LogP contribution in [0.15, 0.2) is 18.2 Å². The molecule has 0 radical (unpaired) electrons. The fraction of sp³-hybridized carbons (Fsp3) is 0.417. The highest BCUT2D eigenvalue weighted by molar-refractivity contribution is 6.31. The van der Waals surface area contributed by atoms with Gasteiger partial charge in [-0.05, 0) is 24.6 Å². The molecule has 1 aliphatic rings. The summed E-state index contributed by atoms with van der Waals surface area (Å²) in [6.45, 7) is 5.13. The molecule has 5 heteroatoms. The number of rotatable bonds is 1. The molecule has 0 aliphatic carbocycles. The van der Waals surface area contributed by atoms with E-state index in [1.165, 1.54) is 0 Å². The number of carbonyl (C=O) groups excluding carboxylic acids is 1. The lowest BCUT2D eigenvalue weighted by atomic mass is 10.2. The summed E-state index contributed by atoms with van der Waals surface area (Å²) < 4.78 is 0. The third-order valence-electron chi connectivity index (χ3n) is 2.85. The Bertz CT molecular complexity index is 416. The second-order valence-corrected chi connectivity index (χ2v) is 4.56. The standard InChI is InChI=1S/C12H16ClN3O/c1-9-2-3-10(13)8-11(9)15-12(17)16-6-4-14-5-7-16/h2-3,8,14H,4-7H2,1H3,(H,15,17). The summed E-state index contributed by atoms with van der Waals surface area (Å²) in [5, 5.41) is 6.74. The largest absolute Gasteiger partial charge is 0.322 e. The van der Waals surface area contributed by atoms with Gasteiger partial charge in [0.15, 0.2) is 0 Å². The fourth-order valence-corrected chi connectivity index (χ4v) is 1.96. The van der Waals surface area contributed by atoms with Crippen molar-refractivity contribution in [2.75, 3.05) is 31.5 Å². The highest BCUT2D eigenvalue weighted by Gasteiger charge is 2.16. The van der Waals surface area contributed by atoms with Crippen molar-refractivity contribution in [3.05, 3.63) is 28.8 Å². The first kappa shape index (κ1) is 12.2. The number of amides is 2. The van der Waals surface area contributed by atoms with E-state index < -0.39 is 0 Å². The van der Waals surface area contributed by atoms with Crippen LogP contribution in [0.25, 0.3) is 0 Å². The Hall–Kier alpha value is -1.26. The van der Waals surface area contributed by atoms with E-state index in [0.717, 1.165) is 37.4 Å². The number of piperazine rings is 1. The molecule has 92 valence electrons. The van der Waals surface area contributed by atoms with Crippen molar-refractivity contribution in [3.8, 4) is 0 Å². The second-order valence-electron chi connectivity index (χ2n) is 4.13. The molecule has 2 amide bonds. The van der Waals surface area contributed by atoms with Crippen LogP contribution in [-0.2, 0) is 0 Å². The van der Waals surface area contributed by atoms with E-state index in [-0.39, 0.29) is 6.03 Å². The van der Waals surface area contributed by atoms with Gasteiger partial charge >= 0.3 is 6.03 Å². The summed E-state index contributed by atoms with van der Waals surface area (Å²) in [6.07, 6.45) is 0. The second kappa shape index (κ2) is 5.38. The lowest BCUT2D eigenvalue weighted by Gasteiger charge is -2.27. The number of hydrogen-bond donors (Lipinski definition) is 2. The van der Waals surface area contributed by atoms with Crippen LogP contribution in [0.3, 0.4) is 0 Å². The molecule has 1 aromatic carbocycles. The molecule has 1 heterocycles. The van der Waals surface area contributed by atoms with Gasteiger partial charge in [-0.15, -0.1) is 0 Å². The number of benzene rings is 1. The summed E-state index contributed by atoms with van der Waals surface area (Å²) in [7, 11) is 0. The van der Waals surface area contributed by atoms with Crippen molar-refractivity contribution in [1.82, 2.24) is 10.2 Å². The summed E-state index contributed by atoms with van der Waals surface area (Å²) in [6, 6.07) is 5.43. The first-order valence-corrected chi connectivity index (χ1v) is 6.07. The first-order valence-electron chi connectivity index (χ1n) is 5.69. The average molecular weight is 254 g/mol. The topological polar surface area (TPSA) is 44.4 Å². The number of urea groups is 1. The lowest BCUT2D eigenvalue weighted by molar-refractivity contribution is 0.204. The van der Waals surface area contributed by atoms with Gasteiger partial charge in [-0.1, -0.05) is 17.7 Å². The molecule has 4 nitrogen and oxygen atoms in total. The predicted molar refractivity (Wildman–Crippen MR) is 69.7 cm³/mol. The zero-order chi connectivity index (χ0) is 12.3. The van der Waals surface area contributed by atoms with Crippen LogP contribution in [0.4, 0.5) is 10.5 Å². The summed E-state index contributed by atoms with van der Waals surface area (Å²) >= 11 is 5.91. The Kier molecular flexibility index (Phi) is 3.86. The van der Waals surface area contributed by atoms with Gasteiger partial charge in [0.25, 0.3) is 0 Å². The summed E-state index contributed by atoms with van der Waals surface area (Å²) in [5.74, 6) is 0. The summed E-state index contributed by atoms with van der Waals surface area (Å²) in [4.78, 5) is 13.8. The monoisotopic (exact) mass is 253 g/mol. The van der Waals surface area contributed by atoms with Crippen LogP contribution < -0.4 is 10.6 Å². The maximum absolute atomic E-state index is 12.0. The van der Waals surface area contributed by atoms with Crippen molar-refractivity contribution >= 4 is 23.3 Å². The number of halogens is 1. The smallest absolute Gasteiger partial charge is 0.321 e. The van der Waals surface area contributed by atoms with E-state index in [1.807, 2.05) is 19.1 Å². The van der Waals surface area contributed by atoms with Crippen LogP contribution in [0.2, 0.25) is 5.02 Å². The number of carbonyl (C=O) groups is 1. The molecule has 0 bridgehead atoms. The zero-order valence-electron chi connectivity index (χ0n) is 9.79. The molecule has 17 heavy (non-hydrogen) atoms. The van der Waals surface area contributed by atoms with E-state index in [4.69, 9.17) is 11.6 Å². The highest BCUT2D eigenvalue weighted by atomic mass is 35.5. The van der Waals surface area contributed by atoms with Crippen LogP contribution in [-0.4, -0.2) is 37.1 Å². The van der Waals surface area contributed by atoms with E-state index in [0.29, 0.717) is 5.02 Å². The van der Waals surface area contributed by atoms with E-state index in [9.17, 15) is 4.79 Å². The van der Waals surface area contributed by atoms with E-state index in [2.05, 4.69) is 10.6 Å². The van der Waals surface area contributed by atoms with E-state index in [1.54, 1.807) is 11.0 Å². The maximum atomic E-state index is 12.0. The molecule has 0 saturated carbocycles. The maximum Gasteiger partial charge on any atom is 0.321 e. The van der Waals surface area contributed by atoms with Gasteiger partial charge in [-0.3, -0.25) is 0 Å². The molecule has 0 spiro atoms. The molecule has 2 N–H and O–H groups in total. The van der Waals surface area contributed by atoms with Crippen LogP contribution >= 0.6 is 11.6 Å². The first-order chi connectivity index (χ1) is 8.16. The fourth-order valence-electron chi connectivity index (χ4n) is 1.79. The predicted octanol–water partition coefficient (Wildman–Crippen LogP) is 2.09. The quantitative estimate of drug-likeness (QED) is 0.805. The summed E-state index contributed by atoms with van der Waals surface area (Å²) in [5.41, 5.74) is 1.79. The Morgan fingerprint density at radius 3 is 2.82 bits per heavy atom. The third kappa shape index (κ3) is 3.11. The van der Waals surface area contributed by atoms with Crippen LogP contribution in [0.5, 0.6) is 0 Å². The van der Waals surface area contributed by atoms with Gasteiger partial charge in [-0.2, -0.15) is 0 Å². The number of nitrogens with zero attached hydrogens (tertiary/aromatic N) is 1. The molecule has 1 aromatic rings. The normalized spacial score (nSPS) is 15.8. The van der Waals surface area contributed by atoms with Crippen molar-refractivity contribution < 1.29 is 4.79 Å². The molecule has 0 atom stereocenters. The Morgan fingerprint density at radius 2 is 2.12 bits per heavy atom. The molecule has 1 saturated heterocycles. The average Bonchev–Trinajstić information content (AvgIpc) is 2.35. The minimum absolute atomic E-state index is 0.0585. The minimum atomic E-state index is -0.0585. The van der Waals surface area contributed by atoms with Gasteiger partial charge in [-0.25, -0.2) is 4.79 Å². The lowest BCUT2D eigenvalue weighted by Crippen LogP contribution is -2.48. The van der Waals surface area contributed by atoms with Crippen molar-refractivity contribution in [1.29, 1.82) is 0 Å². The Balaban J connectivity index is 2.04. The molecule has 0 aromatic heterocycles. The molecular formula is C12H16ClN3O.